The van der Waals surface area contributed by atoms with Crippen molar-refractivity contribution in [2.24, 2.45) is 0 Å². The van der Waals surface area contributed by atoms with E-state index in [0.717, 1.165) is 6.07 Å². The molecule has 1 aromatic rings. The lowest BCUT2D eigenvalue weighted by Crippen LogP contribution is -2.22. The molecule has 0 atom stereocenters. The fraction of sp³-hybridized carbons (Fsp3) is 0. The minimum Gasteiger partial charge on any atom is -0.398 e. The molecule has 0 heterocycles. The van der Waals surface area contributed by atoms with Gasteiger partial charge in [0.1, 0.15) is 0 Å². The van der Waals surface area contributed by atoms with Crippen molar-refractivity contribution in [2.45, 2.75) is 0 Å². The normalized spacial score (nSPS) is 9.77. The molecule has 0 aliphatic rings. The average Bonchev–Trinajstić information content (AvgIpc) is 2.16. The summed E-state index contributed by atoms with van der Waals surface area (Å²) in [5.74, 6) is -0.883. The van der Waals surface area contributed by atoms with Gasteiger partial charge in [-0.1, -0.05) is 12.1 Å². The second-order valence-corrected chi connectivity index (χ2v) is 2.02. The number of para-hydroxylation sites is 1. The van der Waals surface area contributed by atoms with Crippen LogP contribution in [0.2, 0.25) is 0 Å². The minimum atomic E-state index is -1.97. The first-order chi connectivity index (χ1) is 6.24. The topological polar surface area (TPSA) is 68.2 Å². The lowest BCUT2D eigenvalue weighted by molar-refractivity contribution is -0.229. The van der Waals surface area contributed by atoms with Crippen molar-refractivity contribution in [3.05, 3.63) is 30.1 Å². The van der Waals surface area contributed by atoms with Crippen molar-refractivity contribution in [1.82, 2.24) is 0 Å². The van der Waals surface area contributed by atoms with Gasteiger partial charge in [-0.15, -0.1) is 0 Å². The summed E-state index contributed by atoms with van der Waals surface area (Å²) < 4.78 is 12.8. The molecule has 0 bridgehead atoms. The predicted molar refractivity (Wildman–Crippen MR) is 39.8 cm³/mol. The first-order valence-corrected chi connectivity index (χ1v) is 3.30. The van der Waals surface area contributed by atoms with E-state index in [9.17, 15) is 4.39 Å². The van der Waals surface area contributed by atoms with Crippen molar-refractivity contribution < 1.29 is 29.2 Å². The SMILES string of the molecule is OOB(O)OOc1ccccc1F. The van der Waals surface area contributed by atoms with Crippen LogP contribution < -0.4 is 4.89 Å². The zero-order valence-corrected chi connectivity index (χ0v) is 6.38. The van der Waals surface area contributed by atoms with Crippen molar-refractivity contribution in [2.75, 3.05) is 0 Å². The molecule has 0 unspecified atom stereocenters. The number of rotatable bonds is 4. The zero-order chi connectivity index (χ0) is 9.68. The van der Waals surface area contributed by atoms with E-state index in [1.807, 2.05) is 0 Å². The van der Waals surface area contributed by atoms with Gasteiger partial charge in [0.2, 0.25) is 0 Å². The Hall–Kier alpha value is -1.15. The minimum absolute atomic E-state index is 0.224. The molecule has 1 rings (SSSR count). The Balaban J connectivity index is 2.50. The van der Waals surface area contributed by atoms with E-state index in [-0.39, 0.29) is 5.75 Å². The van der Waals surface area contributed by atoms with Crippen LogP contribution in [0.3, 0.4) is 0 Å². The molecule has 0 aliphatic carbocycles. The third kappa shape index (κ3) is 3.00. The molecule has 0 aliphatic heterocycles. The highest BCUT2D eigenvalue weighted by atomic mass is 19.1. The van der Waals surface area contributed by atoms with E-state index in [1.165, 1.54) is 18.2 Å². The molecule has 7 heteroatoms. The van der Waals surface area contributed by atoms with E-state index in [1.54, 1.807) is 0 Å². The molecular formula is C6H6BFO5. The van der Waals surface area contributed by atoms with Crippen molar-refractivity contribution in [3.63, 3.8) is 0 Å². The van der Waals surface area contributed by atoms with Gasteiger partial charge in [0, 0.05) is 0 Å². The maximum absolute atomic E-state index is 12.8. The maximum Gasteiger partial charge on any atom is 0.703 e. The van der Waals surface area contributed by atoms with Crippen LogP contribution in [0.25, 0.3) is 0 Å². The standard InChI is InChI=1S/C6H6BFO5/c8-5-3-1-2-4-6(5)11-13-7(9)12-10/h1-4,9-10H. The van der Waals surface area contributed by atoms with Gasteiger partial charge in [-0.3, -0.25) is 5.26 Å². The van der Waals surface area contributed by atoms with Crippen LogP contribution >= 0.6 is 0 Å². The number of benzene rings is 1. The maximum atomic E-state index is 12.8. The molecule has 70 valence electrons. The highest BCUT2D eigenvalue weighted by Gasteiger charge is 2.18. The summed E-state index contributed by atoms with van der Waals surface area (Å²) in [5, 5.41) is 16.3. The van der Waals surface area contributed by atoms with Gasteiger partial charge in [0.15, 0.2) is 11.6 Å². The lowest BCUT2D eigenvalue weighted by atomic mass is 10.3. The molecule has 13 heavy (non-hydrogen) atoms. The molecule has 0 saturated carbocycles. The van der Waals surface area contributed by atoms with Gasteiger partial charge in [-0.2, -0.15) is 4.81 Å². The fourth-order valence-corrected chi connectivity index (χ4v) is 0.623. The summed E-state index contributed by atoms with van der Waals surface area (Å²) in [6.07, 6.45) is 0. The van der Waals surface area contributed by atoms with Crippen LogP contribution in [-0.4, -0.2) is 17.6 Å². The Kier molecular flexibility index (Phi) is 3.65. The predicted octanol–water partition coefficient (Wildman–Crippen LogP) is 0.603. The molecule has 2 N–H and O–H groups in total. The van der Waals surface area contributed by atoms with E-state index in [0.29, 0.717) is 0 Å². The number of hydrogen-bond donors (Lipinski definition) is 2. The van der Waals surface area contributed by atoms with E-state index < -0.39 is 13.1 Å². The van der Waals surface area contributed by atoms with E-state index in [4.69, 9.17) is 10.3 Å². The second-order valence-electron chi connectivity index (χ2n) is 2.02. The summed E-state index contributed by atoms with van der Waals surface area (Å²) >= 11 is 0. The summed E-state index contributed by atoms with van der Waals surface area (Å²) in [5.41, 5.74) is 0. The molecule has 0 fully saturated rings. The second kappa shape index (κ2) is 4.78. The van der Waals surface area contributed by atoms with Gasteiger partial charge >= 0.3 is 7.32 Å². The Morgan fingerprint density at radius 1 is 1.31 bits per heavy atom. The summed E-state index contributed by atoms with van der Waals surface area (Å²) in [4.78, 5) is 11.6. The largest absolute Gasteiger partial charge is 0.703 e. The summed E-state index contributed by atoms with van der Waals surface area (Å²) in [7, 11) is -1.97. The van der Waals surface area contributed by atoms with Crippen LogP contribution in [0.5, 0.6) is 5.75 Å². The quantitative estimate of drug-likeness (QED) is 0.411. The molecule has 0 radical (unpaired) electrons. The van der Waals surface area contributed by atoms with Crippen molar-refractivity contribution >= 4 is 7.32 Å². The Morgan fingerprint density at radius 3 is 2.62 bits per heavy atom. The average molecular weight is 188 g/mol. The third-order valence-corrected chi connectivity index (χ3v) is 1.15. The molecule has 0 spiro atoms. The molecular weight excluding hydrogens is 182 g/mol. The molecule has 5 nitrogen and oxygen atoms in total. The van der Waals surface area contributed by atoms with Crippen LogP contribution in [0.4, 0.5) is 4.39 Å². The van der Waals surface area contributed by atoms with Gasteiger partial charge in [0.25, 0.3) is 0 Å². The van der Waals surface area contributed by atoms with Crippen molar-refractivity contribution in [3.8, 4) is 5.75 Å². The van der Waals surface area contributed by atoms with E-state index >= 15 is 0 Å². The van der Waals surface area contributed by atoms with Crippen LogP contribution in [-0.2, 0) is 9.61 Å². The van der Waals surface area contributed by atoms with Gasteiger partial charge in [-0.25, -0.2) is 9.20 Å². The molecule has 0 amide bonds. The Labute approximate surface area is 73.3 Å². The molecule has 0 aromatic heterocycles. The zero-order valence-electron chi connectivity index (χ0n) is 6.38. The van der Waals surface area contributed by atoms with Crippen LogP contribution in [0.15, 0.2) is 24.3 Å². The first-order valence-electron chi connectivity index (χ1n) is 3.30. The van der Waals surface area contributed by atoms with Crippen LogP contribution in [0, 0.1) is 5.82 Å². The smallest absolute Gasteiger partial charge is 0.398 e. The highest BCUT2D eigenvalue weighted by Crippen LogP contribution is 2.15. The van der Waals surface area contributed by atoms with E-state index in [2.05, 4.69) is 14.5 Å². The summed E-state index contributed by atoms with van der Waals surface area (Å²) in [6.45, 7) is 0. The fourth-order valence-electron chi connectivity index (χ4n) is 0.623. The van der Waals surface area contributed by atoms with Gasteiger partial charge in [-0.05, 0) is 12.1 Å². The first kappa shape index (κ1) is 9.94. The number of halogens is 1. The lowest BCUT2D eigenvalue weighted by Gasteiger charge is -2.04. The Bertz CT molecular complexity index is 271. The Morgan fingerprint density at radius 2 is 2.00 bits per heavy atom. The summed E-state index contributed by atoms with van der Waals surface area (Å²) in [6, 6.07) is 5.39. The van der Waals surface area contributed by atoms with Crippen molar-refractivity contribution in [1.29, 1.82) is 0 Å². The highest BCUT2D eigenvalue weighted by molar-refractivity contribution is 6.33. The third-order valence-electron chi connectivity index (χ3n) is 1.15. The number of hydrogen-bond acceptors (Lipinski definition) is 5. The monoisotopic (exact) mass is 188 g/mol. The van der Waals surface area contributed by atoms with Gasteiger partial charge < -0.3 is 9.91 Å². The van der Waals surface area contributed by atoms with Gasteiger partial charge in [0.05, 0.1) is 0 Å². The molecule has 1 aromatic carbocycles. The molecule has 0 saturated heterocycles. The van der Waals surface area contributed by atoms with Crippen LogP contribution in [0.1, 0.15) is 0 Å².